The van der Waals surface area contributed by atoms with Gasteiger partial charge in [-0.15, -0.1) is 0 Å². The van der Waals surface area contributed by atoms with Crippen molar-refractivity contribution in [1.82, 2.24) is 10.2 Å². The third kappa shape index (κ3) is 4.58. The van der Waals surface area contributed by atoms with Gasteiger partial charge >= 0.3 is 0 Å². The molecule has 0 radical (unpaired) electrons. The van der Waals surface area contributed by atoms with Crippen LogP contribution in [0.3, 0.4) is 0 Å². The number of rotatable bonds is 3. The Labute approximate surface area is 121 Å². The first kappa shape index (κ1) is 14.5. The van der Waals surface area contributed by atoms with Gasteiger partial charge in [0.05, 0.1) is 0 Å². The summed E-state index contributed by atoms with van der Waals surface area (Å²) in [5, 5.41) is 2.95. The average Bonchev–Trinajstić information content (AvgIpc) is 2.29. The second-order valence-electron chi connectivity index (χ2n) is 5.03. The SMILES string of the molecule is CC(=O)NC1CCN(Cc2cc(F)cc(Br)c2)CC1. The van der Waals surface area contributed by atoms with Crippen LogP contribution in [-0.2, 0) is 11.3 Å². The van der Waals surface area contributed by atoms with Crippen LogP contribution < -0.4 is 5.32 Å². The molecule has 0 aromatic heterocycles. The van der Waals surface area contributed by atoms with Crippen molar-refractivity contribution in [3.63, 3.8) is 0 Å². The number of carbonyl (C=O) groups is 1. The van der Waals surface area contributed by atoms with Gasteiger partial charge in [0.2, 0.25) is 5.91 Å². The molecular formula is C14H18BrFN2O. The molecule has 1 N–H and O–H groups in total. The van der Waals surface area contributed by atoms with E-state index >= 15 is 0 Å². The molecule has 0 saturated carbocycles. The zero-order chi connectivity index (χ0) is 13.8. The number of hydrogen-bond donors (Lipinski definition) is 1. The van der Waals surface area contributed by atoms with Gasteiger partial charge < -0.3 is 5.32 Å². The van der Waals surface area contributed by atoms with Crippen molar-refractivity contribution in [2.45, 2.75) is 32.4 Å². The molecular weight excluding hydrogens is 311 g/mol. The Balaban J connectivity index is 1.86. The van der Waals surface area contributed by atoms with Crippen LogP contribution in [0.15, 0.2) is 22.7 Å². The van der Waals surface area contributed by atoms with Gasteiger partial charge in [0.15, 0.2) is 0 Å². The van der Waals surface area contributed by atoms with E-state index in [4.69, 9.17) is 0 Å². The summed E-state index contributed by atoms with van der Waals surface area (Å²) in [6, 6.07) is 5.27. The quantitative estimate of drug-likeness (QED) is 0.925. The van der Waals surface area contributed by atoms with Crippen LogP contribution in [-0.4, -0.2) is 29.9 Å². The Morgan fingerprint density at radius 3 is 2.68 bits per heavy atom. The summed E-state index contributed by atoms with van der Waals surface area (Å²) in [7, 11) is 0. The molecule has 1 saturated heterocycles. The Bertz CT molecular complexity index is 439. The van der Waals surface area contributed by atoms with Gasteiger partial charge in [-0.05, 0) is 36.6 Å². The van der Waals surface area contributed by atoms with Gasteiger partial charge in [-0.2, -0.15) is 0 Å². The van der Waals surface area contributed by atoms with E-state index in [1.54, 1.807) is 13.0 Å². The number of nitrogens with one attached hydrogen (secondary N) is 1. The molecule has 19 heavy (non-hydrogen) atoms. The molecule has 1 fully saturated rings. The Hall–Kier alpha value is -0.940. The van der Waals surface area contributed by atoms with Gasteiger partial charge in [-0.3, -0.25) is 9.69 Å². The normalized spacial score (nSPS) is 17.4. The zero-order valence-corrected chi connectivity index (χ0v) is 12.5. The first-order valence-corrected chi connectivity index (χ1v) is 7.26. The Morgan fingerprint density at radius 1 is 1.42 bits per heavy atom. The number of piperidine rings is 1. The third-order valence-corrected chi connectivity index (χ3v) is 3.78. The summed E-state index contributed by atoms with van der Waals surface area (Å²) < 4.78 is 14.1. The lowest BCUT2D eigenvalue weighted by molar-refractivity contribution is -0.119. The van der Waals surface area contributed by atoms with Crippen molar-refractivity contribution in [1.29, 1.82) is 0 Å². The molecule has 2 rings (SSSR count). The molecule has 0 bridgehead atoms. The standard InChI is InChI=1S/C14H18BrFN2O/c1-10(19)17-14-2-4-18(5-3-14)9-11-6-12(15)8-13(16)7-11/h6-8,14H,2-5,9H2,1H3,(H,17,19). The van der Waals surface area contributed by atoms with Crippen molar-refractivity contribution in [2.24, 2.45) is 0 Å². The van der Waals surface area contributed by atoms with Crippen LogP contribution in [0.2, 0.25) is 0 Å². The van der Waals surface area contributed by atoms with Crippen LogP contribution in [0.25, 0.3) is 0 Å². The number of hydrogen-bond acceptors (Lipinski definition) is 2. The largest absolute Gasteiger partial charge is 0.354 e. The molecule has 104 valence electrons. The van der Waals surface area contributed by atoms with Gasteiger partial charge in [0.25, 0.3) is 0 Å². The van der Waals surface area contributed by atoms with Crippen molar-refractivity contribution < 1.29 is 9.18 Å². The molecule has 0 spiro atoms. The molecule has 1 aromatic carbocycles. The van der Waals surface area contributed by atoms with Gasteiger partial charge in [0.1, 0.15) is 5.82 Å². The molecule has 1 aliphatic heterocycles. The summed E-state index contributed by atoms with van der Waals surface area (Å²) in [5.41, 5.74) is 0.977. The lowest BCUT2D eigenvalue weighted by atomic mass is 10.0. The number of amides is 1. The predicted octanol–water partition coefficient (Wildman–Crippen LogP) is 2.69. The number of likely N-dealkylation sites (tertiary alicyclic amines) is 1. The van der Waals surface area contributed by atoms with Crippen molar-refractivity contribution in [3.8, 4) is 0 Å². The van der Waals surface area contributed by atoms with Gasteiger partial charge in [-0.1, -0.05) is 15.9 Å². The summed E-state index contributed by atoms with van der Waals surface area (Å²) in [5.74, 6) is -0.176. The highest BCUT2D eigenvalue weighted by molar-refractivity contribution is 9.10. The Kier molecular flexibility index (Phi) is 4.93. The van der Waals surface area contributed by atoms with Crippen molar-refractivity contribution >= 4 is 21.8 Å². The molecule has 0 atom stereocenters. The average molecular weight is 329 g/mol. The van der Waals surface area contributed by atoms with E-state index in [0.717, 1.165) is 42.5 Å². The van der Waals surface area contributed by atoms with E-state index in [-0.39, 0.29) is 17.8 Å². The first-order valence-electron chi connectivity index (χ1n) is 6.47. The molecule has 3 nitrogen and oxygen atoms in total. The Morgan fingerprint density at radius 2 is 2.11 bits per heavy atom. The fraction of sp³-hybridized carbons (Fsp3) is 0.500. The second-order valence-corrected chi connectivity index (χ2v) is 5.94. The van der Waals surface area contributed by atoms with E-state index in [9.17, 15) is 9.18 Å². The van der Waals surface area contributed by atoms with E-state index in [0.29, 0.717) is 0 Å². The fourth-order valence-corrected chi connectivity index (χ4v) is 3.00. The smallest absolute Gasteiger partial charge is 0.217 e. The van der Waals surface area contributed by atoms with Crippen molar-refractivity contribution in [3.05, 3.63) is 34.1 Å². The fourth-order valence-electron chi connectivity index (χ4n) is 2.48. The van der Waals surface area contributed by atoms with Gasteiger partial charge in [-0.25, -0.2) is 4.39 Å². The molecule has 1 aromatic rings. The number of halogens is 2. The van der Waals surface area contributed by atoms with Crippen LogP contribution >= 0.6 is 15.9 Å². The van der Waals surface area contributed by atoms with Crippen LogP contribution in [0.4, 0.5) is 4.39 Å². The molecule has 1 aliphatic rings. The topological polar surface area (TPSA) is 32.3 Å². The maximum Gasteiger partial charge on any atom is 0.217 e. The van der Waals surface area contributed by atoms with Crippen LogP contribution in [0.5, 0.6) is 0 Å². The number of benzene rings is 1. The van der Waals surface area contributed by atoms with E-state index < -0.39 is 0 Å². The monoisotopic (exact) mass is 328 g/mol. The third-order valence-electron chi connectivity index (χ3n) is 3.32. The van der Waals surface area contributed by atoms with E-state index in [2.05, 4.69) is 26.1 Å². The maximum absolute atomic E-state index is 13.3. The molecule has 0 unspecified atom stereocenters. The first-order chi connectivity index (χ1) is 9.02. The minimum absolute atomic E-state index is 0.0347. The molecule has 0 aliphatic carbocycles. The predicted molar refractivity (Wildman–Crippen MR) is 76.2 cm³/mol. The minimum atomic E-state index is -0.211. The summed E-state index contributed by atoms with van der Waals surface area (Å²) in [6.45, 7) is 4.16. The van der Waals surface area contributed by atoms with Crippen molar-refractivity contribution in [2.75, 3.05) is 13.1 Å². The highest BCUT2D eigenvalue weighted by Gasteiger charge is 2.19. The summed E-state index contributed by atoms with van der Waals surface area (Å²) >= 11 is 3.31. The van der Waals surface area contributed by atoms with E-state index in [1.807, 2.05) is 6.07 Å². The zero-order valence-electron chi connectivity index (χ0n) is 11.0. The van der Waals surface area contributed by atoms with Crippen LogP contribution in [0.1, 0.15) is 25.3 Å². The molecule has 5 heteroatoms. The molecule has 1 amide bonds. The second kappa shape index (κ2) is 6.48. The minimum Gasteiger partial charge on any atom is -0.354 e. The highest BCUT2D eigenvalue weighted by Crippen LogP contribution is 2.18. The van der Waals surface area contributed by atoms with Crippen LogP contribution in [0, 0.1) is 5.82 Å². The van der Waals surface area contributed by atoms with Gasteiger partial charge in [0, 0.05) is 37.1 Å². The number of carbonyl (C=O) groups excluding carboxylic acids is 1. The summed E-state index contributed by atoms with van der Waals surface area (Å²) in [6.07, 6.45) is 1.91. The lowest BCUT2D eigenvalue weighted by Crippen LogP contribution is -2.43. The maximum atomic E-state index is 13.3. The lowest BCUT2D eigenvalue weighted by Gasteiger charge is -2.32. The number of nitrogens with zero attached hydrogens (tertiary/aromatic N) is 1. The molecule has 1 heterocycles. The highest BCUT2D eigenvalue weighted by atomic mass is 79.9. The van der Waals surface area contributed by atoms with E-state index in [1.165, 1.54) is 6.07 Å². The summed E-state index contributed by atoms with van der Waals surface area (Å²) in [4.78, 5) is 13.3.